The lowest BCUT2D eigenvalue weighted by atomic mass is 10.0. The van der Waals surface area contributed by atoms with Crippen LogP contribution in [0, 0.1) is 0 Å². The number of amides is 1. The first kappa shape index (κ1) is 14.6. The van der Waals surface area contributed by atoms with Gasteiger partial charge in [-0.3, -0.25) is 9.59 Å². The van der Waals surface area contributed by atoms with Crippen molar-refractivity contribution in [1.82, 2.24) is 5.32 Å². The van der Waals surface area contributed by atoms with E-state index in [4.69, 9.17) is 9.84 Å². The van der Waals surface area contributed by atoms with E-state index in [1.54, 1.807) is 24.3 Å². The molecule has 0 heterocycles. The van der Waals surface area contributed by atoms with Gasteiger partial charge in [-0.25, -0.2) is 0 Å². The minimum atomic E-state index is -0.983. The van der Waals surface area contributed by atoms with Gasteiger partial charge in [-0.1, -0.05) is 30.3 Å². The summed E-state index contributed by atoms with van der Waals surface area (Å²) in [5.74, 6) is 0.290. The Morgan fingerprint density at radius 2 is 1.86 bits per heavy atom. The van der Waals surface area contributed by atoms with Gasteiger partial charge in [-0.05, 0) is 29.8 Å². The van der Waals surface area contributed by atoms with Gasteiger partial charge in [-0.2, -0.15) is 0 Å². The summed E-state index contributed by atoms with van der Waals surface area (Å²) in [7, 11) is 0. The lowest BCUT2D eigenvalue weighted by Crippen LogP contribution is -2.22. The van der Waals surface area contributed by atoms with Gasteiger partial charge in [-0.15, -0.1) is 0 Å². The van der Waals surface area contributed by atoms with Gasteiger partial charge in [0.2, 0.25) is 6.41 Å². The first-order chi connectivity index (χ1) is 10.2. The summed E-state index contributed by atoms with van der Waals surface area (Å²) in [6.07, 6.45) is 0.311. The summed E-state index contributed by atoms with van der Waals surface area (Å²) in [6, 6.07) is 15.7. The van der Waals surface area contributed by atoms with Crippen molar-refractivity contribution in [2.75, 3.05) is 0 Å². The Morgan fingerprint density at radius 3 is 2.52 bits per heavy atom. The predicted octanol–water partition coefficient (Wildman–Crippen LogP) is 2.74. The molecule has 21 heavy (non-hydrogen) atoms. The molecule has 2 rings (SSSR count). The molecule has 0 aliphatic heterocycles. The number of carboxylic acids is 1. The fraction of sp³-hybridized carbons (Fsp3) is 0.125. The molecule has 2 aromatic carbocycles. The van der Waals surface area contributed by atoms with E-state index >= 15 is 0 Å². The topological polar surface area (TPSA) is 75.6 Å². The average Bonchev–Trinajstić information content (AvgIpc) is 2.48. The van der Waals surface area contributed by atoms with Gasteiger partial charge in [0.25, 0.3) is 0 Å². The number of carbonyl (C=O) groups is 2. The van der Waals surface area contributed by atoms with Crippen molar-refractivity contribution in [3.8, 4) is 11.5 Å². The summed E-state index contributed by atoms with van der Waals surface area (Å²) in [6.45, 7) is 0. The standard InChI is InChI=1S/C16H15NO4/c18-11-17-15(10-16(19)20)12-5-4-8-14(9-12)21-13-6-2-1-3-7-13/h1-9,11,15H,10H2,(H,17,18)(H,19,20)/t15-/m0/s1. The maximum atomic E-state index is 10.8. The summed E-state index contributed by atoms with van der Waals surface area (Å²) >= 11 is 0. The highest BCUT2D eigenvalue weighted by molar-refractivity contribution is 5.68. The number of para-hydroxylation sites is 1. The minimum absolute atomic E-state index is 0.187. The molecule has 0 saturated heterocycles. The zero-order valence-electron chi connectivity index (χ0n) is 11.2. The second kappa shape index (κ2) is 7.09. The number of nitrogens with one attached hydrogen (secondary N) is 1. The van der Waals surface area contributed by atoms with Gasteiger partial charge in [0.05, 0.1) is 12.5 Å². The Kier molecular flexibility index (Phi) is 4.93. The molecular formula is C16H15NO4. The van der Waals surface area contributed by atoms with Crippen molar-refractivity contribution in [2.24, 2.45) is 0 Å². The van der Waals surface area contributed by atoms with Crippen LogP contribution < -0.4 is 10.1 Å². The van der Waals surface area contributed by atoms with Gasteiger partial charge in [0, 0.05) is 0 Å². The van der Waals surface area contributed by atoms with Crippen LogP contribution in [0.5, 0.6) is 11.5 Å². The molecule has 0 bridgehead atoms. The van der Waals surface area contributed by atoms with Crippen LogP contribution in [0.15, 0.2) is 54.6 Å². The highest BCUT2D eigenvalue weighted by atomic mass is 16.5. The van der Waals surface area contributed by atoms with E-state index in [1.807, 2.05) is 30.3 Å². The molecule has 0 aromatic heterocycles. The third-order valence-corrected chi connectivity index (χ3v) is 2.89. The third kappa shape index (κ3) is 4.35. The molecule has 5 heteroatoms. The largest absolute Gasteiger partial charge is 0.481 e. The molecule has 2 aromatic rings. The maximum Gasteiger partial charge on any atom is 0.305 e. The molecule has 1 amide bonds. The number of aliphatic carboxylic acids is 1. The van der Waals surface area contributed by atoms with Gasteiger partial charge < -0.3 is 15.2 Å². The second-order valence-electron chi connectivity index (χ2n) is 4.42. The summed E-state index contributed by atoms with van der Waals surface area (Å²) in [4.78, 5) is 21.5. The quantitative estimate of drug-likeness (QED) is 0.767. The number of carboxylic acid groups (broad SMARTS) is 1. The van der Waals surface area contributed by atoms with Crippen molar-refractivity contribution in [3.63, 3.8) is 0 Å². The summed E-state index contributed by atoms with van der Waals surface area (Å²) in [5.41, 5.74) is 0.679. The van der Waals surface area contributed by atoms with Crippen LogP contribution in [0.3, 0.4) is 0 Å². The van der Waals surface area contributed by atoms with E-state index in [1.165, 1.54) is 0 Å². The molecule has 108 valence electrons. The Morgan fingerprint density at radius 1 is 1.14 bits per heavy atom. The van der Waals surface area contributed by atoms with Crippen LogP contribution in [-0.2, 0) is 9.59 Å². The molecular weight excluding hydrogens is 270 g/mol. The highest BCUT2D eigenvalue weighted by Crippen LogP contribution is 2.25. The van der Waals surface area contributed by atoms with Gasteiger partial charge >= 0.3 is 5.97 Å². The Hall–Kier alpha value is -2.82. The molecule has 2 N–H and O–H groups in total. The molecule has 0 aliphatic carbocycles. The summed E-state index contributed by atoms with van der Waals surface area (Å²) in [5, 5.41) is 11.4. The van der Waals surface area contributed by atoms with E-state index in [0.29, 0.717) is 23.5 Å². The SMILES string of the molecule is O=CN[C@@H](CC(=O)O)c1cccc(Oc2ccccc2)c1. The van der Waals surface area contributed by atoms with Crippen LogP contribution in [0.4, 0.5) is 0 Å². The zero-order valence-corrected chi connectivity index (χ0v) is 11.2. The van der Waals surface area contributed by atoms with E-state index in [0.717, 1.165) is 0 Å². The number of ether oxygens (including phenoxy) is 1. The van der Waals surface area contributed by atoms with Crippen LogP contribution in [0.1, 0.15) is 18.0 Å². The number of carbonyl (C=O) groups excluding carboxylic acids is 1. The van der Waals surface area contributed by atoms with E-state index < -0.39 is 12.0 Å². The lowest BCUT2D eigenvalue weighted by molar-refractivity contribution is -0.137. The van der Waals surface area contributed by atoms with Gasteiger partial charge in [0.1, 0.15) is 11.5 Å². The lowest BCUT2D eigenvalue weighted by Gasteiger charge is -2.15. The second-order valence-corrected chi connectivity index (χ2v) is 4.42. The minimum Gasteiger partial charge on any atom is -0.481 e. The van der Waals surface area contributed by atoms with Crippen LogP contribution in [0.25, 0.3) is 0 Å². The fourth-order valence-corrected chi connectivity index (χ4v) is 1.95. The van der Waals surface area contributed by atoms with E-state index in [-0.39, 0.29) is 6.42 Å². The summed E-state index contributed by atoms with van der Waals surface area (Å²) < 4.78 is 5.69. The Balaban J connectivity index is 2.19. The normalized spacial score (nSPS) is 11.4. The number of hydrogen-bond donors (Lipinski definition) is 2. The average molecular weight is 285 g/mol. The van der Waals surface area contributed by atoms with Crippen molar-refractivity contribution in [1.29, 1.82) is 0 Å². The number of hydrogen-bond acceptors (Lipinski definition) is 3. The smallest absolute Gasteiger partial charge is 0.305 e. The first-order valence-corrected chi connectivity index (χ1v) is 6.43. The Bertz CT molecular complexity index is 613. The molecule has 0 saturated carbocycles. The fourth-order valence-electron chi connectivity index (χ4n) is 1.95. The highest BCUT2D eigenvalue weighted by Gasteiger charge is 2.15. The first-order valence-electron chi connectivity index (χ1n) is 6.43. The van der Waals surface area contributed by atoms with E-state index in [2.05, 4.69) is 5.32 Å². The van der Waals surface area contributed by atoms with Crippen molar-refractivity contribution in [3.05, 3.63) is 60.2 Å². The number of rotatable bonds is 7. The molecule has 1 atom stereocenters. The van der Waals surface area contributed by atoms with Crippen molar-refractivity contribution in [2.45, 2.75) is 12.5 Å². The molecule has 0 radical (unpaired) electrons. The van der Waals surface area contributed by atoms with Crippen LogP contribution in [-0.4, -0.2) is 17.5 Å². The number of benzene rings is 2. The zero-order chi connectivity index (χ0) is 15.1. The molecule has 0 unspecified atom stereocenters. The molecule has 5 nitrogen and oxygen atoms in total. The van der Waals surface area contributed by atoms with Gasteiger partial charge in [0.15, 0.2) is 0 Å². The van der Waals surface area contributed by atoms with E-state index in [9.17, 15) is 9.59 Å². The van der Waals surface area contributed by atoms with Crippen LogP contribution >= 0.6 is 0 Å². The Labute approximate surface area is 122 Å². The maximum absolute atomic E-state index is 10.8. The third-order valence-electron chi connectivity index (χ3n) is 2.89. The molecule has 0 fully saturated rings. The van der Waals surface area contributed by atoms with Crippen molar-refractivity contribution < 1.29 is 19.4 Å². The molecule has 0 spiro atoms. The van der Waals surface area contributed by atoms with Crippen LogP contribution in [0.2, 0.25) is 0 Å². The monoisotopic (exact) mass is 285 g/mol. The van der Waals surface area contributed by atoms with Crippen molar-refractivity contribution >= 4 is 12.4 Å². The molecule has 0 aliphatic rings. The predicted molar refractivity (Wildman–Crippen MR) is 77.2 cm³/mol.